The van der Waals surface area contributed by atoms with Gasteiger partial charge in [0.05, 0.1) is 5.69 Å². The SMILES string of the molecule is Cc1nc2c(n1CCC1CCCC1)CCCC2. The second-order valence-corrected chi connectivity index (χ2v) is 5.85. The molecule has 0 saturated heterocycles. The quantitative estimate of drug-likeness (QED) is 0.778. The minimum absolute atomic E-state index is 0.996. The van der Waals surface area contributed by atoms with Gasteiger partial charge in [-0.05, 0) is 44.9 Å². The summed E-state index contributed by atoms with van der Waals surface area (Å²) >= 11 is 0. The number of aromatic nitrogens is 2. The zero-order valence-corrected chi connectivity index (χ0v) is 11.0. The van der Waals surface area contributed by atoms with Crippen LogP contribution in [0.3, 0.4) is 0 Å². The lowest BCUT2D eigenvalue weighted by atomic mass is 10.0. The maximum absolute atomic E-state index is 4.76. The van der Waals surface area contributed by atoms with E-state index in [1.54, 1.807) is 5.69 Å². The molecule has 0 atom stereocenters. The Balaban J connectivity index is 1.71. The molecule has 1 fully saturated rings. The van der Waals surface area contributed by atoms with E-state index in [9.17, 15) is 0 Å². The van der Waals surface area contributed by atoms with Gasteiger partial charge in [-0.1, -0.05) is 25.7 Å². The Labute approximate surface area is 104 Å². The summed E-state index contributed by atoms with van der Waals surface area (Å²) < 4.78 is 2.52. The number of aryl methyl sites for hydroxylation is 2. The van der Waals surface area contributed by atoms with E-state index in [1.165, 1.54) is 75.9 Å². The molecule has 2 aliphatic carbocycles. The van der Waals surface area contributed by atoms with Crippen LogP contribution < -0.4 is 0 Å². The van der Waals surface area contributed by atoms with Crippen LogP contribution >= 0.6 is 0 Å². The van der Waals surface area contributed by atoms with E-state index in [0.29, 0.717) is 0 Å². The molecule has 0 radical (unpaired) electrons. The summed E-state index contributed by atoms with van der Waals surface area (Å²) in [6, 6.07) is 0. The maximum atomic E-state index is 4.76. The normalized spacial score (nSPS) is 20.8. The van der Waals surface area contributed by atoms with E-state index in [1.807, 2.05) is 0 Å². The van der Waals surface area contributed by atoms with E-state index in [4.69, 9.17) is 4.98 Å². The molecule has 2 aliphatic rings. The molecular formula is C15H24N2. The van der Waals surface area contributed by atoms with Crippen LogP contribution in [0.4, 0.5) is 0 Å². The predicted octanol–water partition coefficient (Wildman–Crippen LogP) is 3.65. The van der Waals surface area contributed by atoms with E-state index >= 15 is 0 Å². The Hall–Kier alpha value is -0.790. The van der Waals surface area contributed by atoms with Crippen molar-refractivity contribution >= 4 is 0 Å². The highest BCUT2D eigenvalue weighted by molar-refractivity contribution is 5.19. The molecule has 1 heterocycles. The van der Waals surface area contributed by atoms with Gasteiger partial charge in [-0.3, -0.25) is 0 Å². The largest absolute Gasteiger partial charge is 0.332 e. The fourth-order valence-corrected chi connectivity index (χ4v) is 3.64. The Morgan fingerprint density at radius 1 is 1.12 bits per heavy atom. The van der Waals surface area contributed by atoms with Crippen LogP contribution in [0.1, 0.15) is 62.2 Å². The van der Waals surface area contributed by atoms with Crippen molar-refractivity contribution in [2.75, 3.05) is 0 Å². The van der Waals surface area contributed by atoms with E-state index in [-0.39, 0.29) is 0 Å². The third kappa shape index (κ3) is 2.27. The number of nitrogens with zero attached hydrogens (tertiary/aromatic N) is 2. The molecule has 17 heavy (non-hydrogen) atoms. The molecule has 0 amide bonds. The molecule has 0 bridgehead atoms. The first kappa shape index (κ1) is 11.3. The molecular weight excluding hydrogens is 208 g/mol. The average molecular weight is 232 g/mol. The Morgan fingerprint density at radius 3 is 2.71 bits per heavy atom. The van der Waals surface area contributed by atoms with Gasteiger partial charge in [0.15, 0.2) is 0 Å². The van der Waals surface area contributed by atoms with Crippen molar-refractivity contribution in [1.82, 2.24) is 9.55 Å². The summed E-state index contributed by atoms with van der Waals surface area (Å²) in [7, 11) is 0. The van der Waals surface area contributed by atoms with Crippen LogP contribution in [0.15, 0.2) is 0 Å². The molecule has 0 aliphatic heterocycles. The van der Waals surface area contributed by atoms with Gasteiger partial charge in [0, 0.05) is 12.2 Å². The monoisotopic (exact) mass is 232 g/mol. The van der Waals surface area contributed by atoms with Gasteiger partial charge < -0.3 is 4.57 Å². The number of fused-ring (bicyclic) bond motifs is 1. The first-order valence-electron chi connectivity index (χ1n) is 7.39. The van der Waals surface area contributed by atoms with Gasteiger partial charge in [-0.25, -0.2) is 4.98 Å². The van der Waals surface area contributed by atoms with E-state index in [2.05, 4.69) is 11.5 Å². The predicted molar refractivity (Wildman–Crippen MR) is 70.2 cm³/mol. The van der Waals surface area contributed by atoms with Gasteiger partial charge in [-0.15, -0.1) is 0 Å². The van der Waals surface area contributed by atoms with E-state index < -0.39 is 0 Å². The number of hydrogen-bond donors (Lipinski definition) is 0. The lowest BCUT2D eigenvalue weighted by molar-refractivity contribution is 0.446. The van der Waals surface area contributed by atoms with Crippen molar-refractivity contribution < 1.29 is 0 Å². The minimum atomic E-state index is 0.996. The number of imidazole rings is 1. The third-order valence-corrected chi connectivity index (χ3v) is 4.66. The topological polar surface area (TPSA) is 17.8 Å². The fraction of sp³-hybridized carbons (Fsp3) is 0.800. The van der Waals surface area contributed by atoms with Crippen LogP contribution in [0.25, 0.3) is 0 Å². The van der Waals surface area contributed by atoms with E-state index in [0.717, 1.165) is 5.92 Å². The van der Waals surface area contributed by atoms with Crippen molar-refractivity contribution in [2.45, 2.75) is 71.3 Å². The zero-order chi connectivity index (χ0) is 11.7. The molecule has 0 N–H and O–H groups in total. The fourth-order valence-electron chi connectivity index (χ4n) is 3.64. The standard InChI is InChI=1S/C15H24N2/c1-12-16-14-8-4-5-9-15(14)17(12)11-10-13-6-2-3-7-13/h13H,2-11H2,1H3. The van der Waals surface area contributed by atoms with Crippen LogP contribution in [0, 0.1) is 12.8 Å². The highest BCUT2D eigenvalue weighted by Crippen LogP contribution is 2.29. The zero-order valence-electron chi connectivity index (χ0n) is 11.0. The van der Waals surface area contributed by atoms with Crippen LogP contribution in [0.5, 0.6) is 0 Å². The van der Waals surface area contributed by atoms with Crippen LogP contribution in [-0.4, -0.2) is 9.55 Å². The Kier molecular flexibility index (Phi) is 3.21. The lowest BCUT2D eigenvalue weighted by Crippen LogP contribution is -2.11. The van der Waals surface area contributed by atoms with Crippen molar-refractivity contribution in [3.63, 3.8) is 0 Å². The van der Waals surface area contributed by atoms with Gasteiger partial charge in [0.25, 0.3) is 0 Å². The first-order chi connectivity index (χ1) is 8.34. The molecule has 2 nitrogen and oxygen atoms in total. The average Bonchev–Trinajstić information content (AvgIpc) is 2.93. The number of rotatable bonds is 3. The molecule has 1 aromatic heterocycles. The number of hydrogen-bond acceptors (Lipinski definition) is 1. The Bertz CT molecular complexity index is 386. The maximum Gasteiger partial charge on any atom is 0.106 e. The third-order valence-electron chi connectivity index (χ3n) is 4.66. The summed E-state index contributed by atoms with van der Waals surface area (Å²) in [5.74, 6) is 2.26. The van der Waals surface area contributed by atoms with Gasteiger partial charge in [0.1, 0.15) is 5.82 Å². The summed E-state index contributed by atoms with van der Waals surface area (Å²) in [6.07, 6.45) is 12.4. The van der Waals surface area contributed by atoms with Gasteiger partial charge in [-0.2, -0.15) is 0 Å². The van der Waals surface area contributed by atoms with Gasteiger partial charge >= 0.3 is 0 Å². The molecule has 0 spiro atoms. The molecule has 1 aromatic rings. The second kappa shape index (κ2) is 4.83. The van der Waals surface area contributed by atoms with Crippen molar-refractivity contribution in [3.8, 4) is 0 Å². The molecule has 2 heteroatoms. The first-order valence-corrected chi connectivity index (χ1v) is 7.39. The van der Waals surface area contributed by atoms with Crippen molar-refractivity contribution in [2.24, 2.45) is 5.92 Å². The molecule has 0 unspecified atom stereocenters. The van der Waals surface area contributed by atoms with Crippen LogP contribution in [-0.2, 0) is 19.4 Å². The summed E-state index contributed by atoms with van der Waals surface area (Å²) in [4.78, 5) is 4.76. The molecule has 1 saturated carbocycles. The second-order valence-electron chi connectivity index (χ2n) is 5.85. The Morgan fingerprint density at radius 2 is 1.88 bits per heavy atom. The molecule has 3 rings (SSSR count). The highest BCUT2D eigenvalue weighted by Gasteiger charge is 2.20. The van der Waals surface area contributed by atoms with Gasteiger partial charge in [0.2, 0.25) is 0 Å². The molecule has 0 aromatic carbocycles. The minimum Gasteiger partial charge on any atom is -0.332 e. The van der Waals surface area contributed by atoms with Crippen LogP contribution in [0.2, 0.25) is 0 Å². The van der Waals surface area contributed by atoms with Crippen molar-refractivity contribution in [3.05, 3.63) is 17.2 Å². The molecule has 94 valence electrons. The smallest absolute Gasteiger partial charge is 0.106 e. The summed E-state index contributed by atoms with van der Waals surface area (Å²) in [6.45, 7) is 3.41. The highest BCUT2D eigenvalue weighted by atomic mass is 15.1. The lowest BCUT2D eigenvalue weighted by Gasteiger charge is -2.16. The summed E-state index contributed by atoms with van der Waals surface area (Å²) in [5.41, 5.74) is 2.96. The summed E-state index contributed by atoms with van der Waals surface area (Å²) in [5, 5.41) is 0. The van der Waals surface area contributed by atoms with Crippen molar-refractivity contribution in [1.29, 1.82) is 0 Å².